The summed E-state index contributed by atoms with van der Waals surface area (Å²) in [6.07, 6.45) is 1.20. The van der Waals surface area contributed by atoms with Crippen molar-refractivity contribution in [3.63, 3.8) is 0 Å². The fourth-order valence-corrected chi connectivity index (χ4v) is 1.86. The highest BCUT2D eigenvalue weighted by Crippen LogP contribution is 2.16. The molecule has 0 rings (SSSR count). The summed E-state index contributed by atoms with van der Waals surface area (Å²) in [5.41, 5.74) is 0. The van der Waals surface area contributed by atoms with Crippen LogP contribution in [-0.4, -0.2) is 31.9 Å². The Kier molecular flexibility index (Phi) is 5.82. The molecule has 0 aromatic heterocycles. The Balaban J connectivity index is 4.38. The molecule has 0 aliphatic heterocycles. The second-order valence-corrected chi connectivity index (χ2v) is 5.37. The molecule has 0 amide bonds. The number of rotatable bonds is 7. The van der Waals surface area contributed by atoms with Crippen molar-refractivity contribution in [3.8, 4) is 0 Å². The number of aliphatic carboxylic acids is 1. The second-order valence-electron chi connectivity index (χ2n) is 3.77. The Hall–Kier alpha value is -0.620. The zero-order valence-corrected chi connectivity index (χ0v) is 10.1. The second kappa shape index (κ2) is 6.07. The van der Waals surface area contributed by atoms with Gasteiger partial charge in [-0.3, -0.25) is 8.98 Å². The highest BCUT2D eigenvalue weighted by atomic mass is 32.2. The summed E-state index contributed by atoms with van der Waals surface area (Å²) < 4.78 is 26.5. The topological polar surface area (TPSA) is 80.7 Å². The number of carboxylic acids is 1. The summed E-state index contributed by atoms with van der Waals surface area (Å²) in [7, 11) is -3.59. The molecular weight excluding hydrogens is 220 g/mol. The van der Waals surface area contributed by atoms with Crippen molar-refractivity contribution in [2.45, 2.75) is 39.2 Å². The molecule has 6 heteroatoms. The fourth-order valence-electron chi connectivity index (χ4n) is 1.21. The maximum Gasteiger partial charge on any atom is 0.306 e. The predicted octanol–water partition coefficient (Wildman–Crippen LogP) is 1.24. The van der Waals surface area contributed by atoms with Gasteiger partial charge in [-0.1, -0.05) is 20.3 Å². The summed E-state index contributed by atoms with van der Waals surface area (Å²) in [5.74, 6) is -0.803. The third-order valence-corrected chi connectivity index (χ3v) is 2.70. The number of carbonyl (C=O) groups is 1. The van der Waals surface area contributed by atoms with Crippen LogP contribution in [0.15, 0.2) is 0 Å². The van der Waals surface area contributed by atoms with E-state index in [0.29, 0.717) is 6.42 Å². The standard InChI is InChI=1S/C9H18O5S/c1-4-7(2)5-8(6-9(10)11)14-15(3,12)13/h7-8H,4-6H2,1-3H3,(H,10,11)/t7-,8?/m1/s1. The summed E-state index contributed by atoms with van der Waals surface area (Å²) in [6, 6.07) is 0. The van der Waals surface area contributed by atoms with Crippen LogP contribution in [0.1, 0.15) is 33.1 Å². The molecular formula is C9H18O5S. The van der Waals surface area contributed by atoms with Crippen molar-refractivity contribution >= 4 is 16.1 Å². The van der Waals surface area contributed by atoms with Crippen molar-refractivity contribution < 1.29 is 22.5 Å². The average molecular weight is 238 g/mol. The first-order valence-electron chi connectivity index (χ1n) is 4.84. The van der Waals surface area contributed by atoms with E-state index in [4.69, 9.17) is 9.29 Å². The molecule has 0 fully saturated rings. The van der Waals surface area contributed by atoms with Crippen LogP contribution in [0.2, 0.25) is 0 Å². The normalized spacial score (nSPS) is 15.9. The molecule has 1 unspecified atom stereocenters. The van der Waals surface area contributed by atoms with Crippen molar-refractivity contribution in [2.75, 3.05) is 6.26 Å². The molecule has 0 bridgehead atoms. The van der Waals surface area contributed by atoms with E-state index in [0.717, 1.165) is 12.7 Å². The van der Waals surface area contributed by atoms with Crippen LogP contribution in [0.25, 0.3) is 0 Å². The smallest absolute Gasteiger partial charge is 0.306 e. The Bertz CT molecular complexity index is 296. The van der Waals surface area contributed by atoms with Crippen molar-refractivity contribution in [3.05, 3.63) is 0 Å². The molecule has 1 N–H and O–H groups in total. The molecule has 15 heavy (non-hydrogen) atoms. The SMILES string of the molecule is CC[C@@H](C)CC(CC(=O)O)OS(C)(=O)=O. The average Bonchev–Trinajstić information content (AvgIpc) is 1.99. The van der Waals surface area contributed by atoms with Gasteiger partial charge in [-0.2, -0.15) is 8.42 Å². The highest BCUT2D eigenvalue weighted by molar-refractivity contribution is 7.86. The third-order valence-electron chi connectivity index (χ3n) is 2.08. The van der Waals surface area contributed by atoms with E-state index >= 15 is 0 Å². The lowest BCUT2D eigenvalue weighted by atomic mass is 9.99. The van der Waals surface area contributed by atoms with Crippen molar-refractivity contribution in [2.24, 2.45) is 5.92 Å². The Labute approximate surface area is 90.6 Å². The maximum absolute atomic E-state index is 10.9. The number of hydrogen-bond donors (Lipinski definition) is 1. The first kappa shape index (κ1) is 14.4. The van der Waals surface area contributed by atoms with Crippen LogP contribution >= 0.6 is 0 Å². The zero-order chi connectivity index (χ0) is 12.1. The molecule has 0 aliphatic carbocycles. The van der Waals surface area contributed by atoms with E-state index in [2.05, 4.69) is 0 Å². The van der Waals surface area contributed by atoms with Crippen LogP contribution in [0.3, 0.4) is 0 Å². The molecule has 0 heterocycles. The first-order valence-corrected chi connectivity index (χ1v) is 6.66. The van der Waals surface area contributed by atoms with Gasteiger partial charge in [0.25, 0.3) is 10.1 Å². The van der Waals surface area contributed by atoms with Crippen LogP contribution in [0.4, 0.5) is 0 Å². The molecule has 0 aromatic carbocycles. The number of carboxylic acid groups (broad SMARTS) is 1. The van der Waals surface area contributed by atoms with Crippen LogP contribution in [0.5, 0.6) is 0 Å². The van der Waals surface area contributed by atoms with Gasteiger partial charge in [-0.15, -0.1) is 0 Å². The van der Waals surface area contributed by atoms with Gasteiger partial charge < -0.3 is 5.11 Å². The summed E-state index contributed by atoms with van der Waals surface area (Å²) in [5, 5.41) is 8.59. The molecule has 0 spiro atoms. The summed E-state index contributed by atoms with van der Waals surface area (Å²) >= 11 is 0. The van der Waals surface area contributed by atoms with Crippen molar-refractivity contribution in [1.29, 1.82) is 0 Å². The molecule has 0 radical (unpaired) electrons. The summed E-state index contributed by atoms with van der Waals surface area (Å²) in [6.45, 7) is 3.89. The molecule has 90 valence electrons. The monoisotopic (exact) mass is 238 g/mol. The molecule has 2 atom stereocenters. The van der Waals surface area contributed by atoms with Gasteiger partial charge in [0.05, 0.1) is 18.8 Å². The minimum absolute atomic E-state index is 0.246. The Morgan fingerprint density at radius 2 is 2.00 bits per heavy atom. The van der Waals surface area contributed by atoms with Crippen molar-refractivity contribution in [1.82, 2.24) is 0 Å². The van der Waals surface area contributed by atoms with Gasteiger partial charge in [-0.25, -0.2) is 0 Å². The Morgan fingerprint density at radius 3 is 2.33 bits per heavy atom. The van der Waals surface area contributed by atoms with Gasteiger partial charge in [0, 0.05) is 0 Å². The molecule has 0 saturated heterocycles. The highest BCUT2D eigenvalue weighted by Gasteiger charge is 2.20. The zero-order valence-electron chi connectivity index (χ0n) is 9.26. The van der Waals surface area contributed by atoms with E-state index in [-0.39, 0.29) is 12.3 Å². The molecule has 0 saturated carbocycles. The van der Waals surface area contributed by atoms with Crippen LogP contribution < -0.4 is 0 Å². The minimum Gasteiger partial charge on any atom is -0.481 e. The van der Waals surface area contributed by atoms with E-state index in [1.165, 1.54) is 0 Å². The summed E-state index contributed by atoms with van der Waals surface area (Å²) in [4.78, 5) is 10.5. The quantitative estimate of drug-likeness (QED) is 0.675. The third kappa shape index (κ3) is 8.38. The lowest BCUT2D eigenvalue weighted by Gasteiger charge is -2.17. The first-order chi connectivity index (χ1) is 6.74. The predicted molar refractivity (Wildman–Crippen MR) is 56.0 cm³/mol. The minimum atomic E-state index is -3.59. The van der Waals surface area contributed by atoms with Crippen LogP contribution in [0, 0.1) is 5.92 Å². The van der Waals surface area contributed by atoms with Crippen LogP contribution in [-0.2, 0) is 19.1 Å². The lowest BCUT2D eigenvalue weighted by Crippen LogP contribution is -2.23. The maximum atomic E-state index is 10.9. The van der Waals surface area contributed by atoms with Gasteiger partial charge >= 0.3 is 5.97 Å². The molecule has 0 aliphatic rings. The lowest BCUT2D eigenvalue weighted by molar-refractivity contribution is -0.138. The van der Waals surface area contributed by atoms with E-state index in [1.54, 1.807) is 0 Å². The van der Waals surface area contributed by atoms with E-state index in [1.807, 2.05) is 13.8 Å². The fraction of sp³-hybridized carbons (Fsp3) is 0.889. The Morgan fingerprint density at radius 1 is 1.47 bits per heavy atom. The van der Waals surface area contributed by atoms with E-state index in [9.17, 15) is 13.2 Å². The molecule has 0 aromatic rings. The van der Waals surface area contributed by atoms with Gasteiger partial charge in [0.2, 0.25) is 0 Å². The largest absolute Gasteiger partial charge is 0.481 e. The number of hydrogen-bond acceptors (Lipinski definition) is 4. The van der Waals surface area contributed by atoms with Gasteiger partial charge in [0.1, 0.15) is 0 Å². The van der Waals surface area contributed by atoms with Gasteiger partial charge in [-0.05, 0) is 12.3 Å². The molecule has 5 nitrogen and oxygen atoms in total. The van der Waals surface area contributed by atoms with E-state index < -0.39 is 22.2 Å². The van der Waals surface area contributed by atoms with Gasteiger partial charge in [0.15, 0.2) is 0 Å².